The fourth-order valence-electron chi connectivity index (χ4n) is 5.24. The Morgan fingerprint density at radius 3 is 2.59 bits per heavy atom. The van der Waals surface area contributed by atoms with E-state index in [0.29, 0.717) is 77.0 Å². The molecule has 1 unspecified atom stereocenters. The average molecular weight is 617 g/mol. The number of methoxy groups -OCH3 is 1. The minimum Gasteiger partial charge on any atom is -0.507 e. The number of amides is 1. The van der Waals surface area contributed by atoms with Gasteiger partial charge in [0.15, 0.2) is 28.1 Å². The molecule has 1 amide bonds. The largest absolute Gasteiger partial charge is 0.507 e. The van der Waals surface area contributed by atoms with E-state index in [1.54, 1.807) is 36.4 Å². The number of carbonyl (C=O) groups is 2. The second-order valence-electron chi connectivity index (χ2n) is 10.2. The summed E-state index contributed by atoms with van der Waals surface area (Å²) in [6, 6.07) is 14.6. The molecule has 0 aliphatic carbocycles. The van der Waals surface area contributed by atoms with Crippen molar-refractivity contribution in [3.63, 3.8) is 0 Å². The molecule has 1 N–H and O–H groups in total. The molecule has 1 saturated heterocycles. The lowest BCUT2D eigenvalue weighted by atomic mass is 9.95. The van der Waals surface area contributed by atoms with E-state index in [2.05, 4.69) is 6.92 Å². The van der Waals surface area contributed by atoms with Crippen LogP contribution in [0.25, 0.3) is 16.0 Å². The summed E-state index contributed by atoms with van der Waals surface area (Å²) in [5.74, 6) is 0.655. The summed E-state index contributed by atoms with van der Waals surface area (Å²) in [7, 11) is 1.53. The summed E-state index contributed by atoms with van der Waals surface area (Å²) in [5, 5.41) is 12.0. The molecule has 6 rings (SSSR count). The number of anilines is 1. The molecular formula is C33H32N2O8S. The SMILES string of the molecule is CCCCOc1ccc(C2/C(=C(\O)c3ccc4c(c3)OCCO4)C(=O)C(=O)N2c2nc3ccc(OCC)cc3s2)cc1OC. The number of aromatic nitrogens is 1. The topological polar surface area (TPSA) is 117 Å². The van der Waals surface area contributed by atoms with Crippen LogP contribution >= 0.6 is 11.3 Å². The Hall–Kier alpha value is -4.77. The van der Waals surface area contributed by atoms with Crippen molar-refractivity contribution in [3.8, 4) is 28.7 Å². The summed E-state index contributed by atoms with van der Waals surface area (Å²) in [6.07, 6.45) is 1.85. The third kappa shape index (κ3) is 5.39. The molecule has 10 nitrogen and oxygen atoms in total. The number of aliphatic hydroxyl groups is 1. The predicted octanol–water partition coefficient (Wildman–Crippen LogP) is 6.28. The molecule has 3 aromatic carbocycles. The summed E-state index contributed by atoms with van der Waals surface area (Å²) >= 11 is 1.26. The number of unbranched alkanes of at least 4 members (excludes halogenated alkanes) is 1. The lowest BCUT2D eigenvalue weighted by Crippen LogP contribution is -2.29. The number of ketones is 1. The highest BCUT2D eigenvalue weighted by Crippen LogP contribution is 2.46. The van der Waals surface area contributed by atoms with Crippen molar-refractivity contribution in [2.75, 3.05) is 38.4 Å². The van der Waals surface area contributed by atoms with Crippen molar-refractivity contribution in [2.24, 2.45) is 0 Å². The van der Waals surface area contributed by atoms with E-state index < -0.39 is 17.7 Å². The van der Waals surface area contributed by atoms with Crippen LogP contribution in [-0.2, 0) is 9.59 Å². The van der Waals surface area contributed by atoms with Crippen molar-refractivity contribution in [1.29, 1.82) is 0 Å². The number of aliphatic hydroxyl groups excluding tert-OH is 1. The Balaban J connectivity index is 1.50. The van der Waals surface area contributed by atoms with Crippen LogP contribution < -0.4 is 28.6 Å². The highest BCUT2D eigenvalue weighted by molar-refractivity contribution is 7.22. The number of hydrogen-bond acceptors (Lipinski definition) is 10. The standard InChI is InChI=1S/C33H32N2O8S/c1-4-6-13-41-23-11-7-19(16-25(23)39-3)29-28(30(36)20-8-12-24-26(17-20)43-15-14-42-24)31(37)32(38)35(29)33-34-22-10-9-21(40-5-2)18-27(22)44-33/h7-12,16-18,29,36H,4-6,13-15H2,1-3H3/b30-28+. The highest BCUT2D eigenvalue weighted by Gasteiger charge is 2.48. The summed E-state index contributed by atoms with van der Waals surface area (Å²) in [4.78, 5) is 33.6. The van der Waals surface area contributed by atoms with Crippen molar-refractivity contribution >= 4 is 44.1 Å². The maximum absolute atomic E-state index is 13.8. The van der Waals surface area contributed by atoms with Crippen LogP contribution in [0.5, 0.6) is 28.7 Å². The number of rotatable bonds is 10. The van der Waals surface area contributed by atoms with Gasteiger partial charge in [-0.2, -0.15) is 0 Å². The molecular weight excluding hydrogens is 584 g/mol. The first-order valence-corrected chi connectivity index (χ1v) is 15.3. The molecule has 44 heavy (non-hydrogen) atoms. The number of ether oxygens (including phenoxy) is 5. The third-order valence-electron chi connectivity index (χ3n) is 7.38. The zero-order chi connectivity index (χ0) is 30.8. The highest BCUT2D eigenvalue weighted by atomic mass is 32.1. The predicted molar refractivity (Wildman–Crippen MR) is 166 cm³/mol. The monoisotopic (exact) mass is 616 g/mol. The fraction of sp³-hybridized carbons (Fsp3) is 0.303. The first-order chi connectivity index (χ1) is 21.4. The Labute approximate surface area is 258 Å². The maximum Gasteiger partial charge on any atom is 0.301 e. The lowest BCUT2D eigenvalue weighted by Gasteiger charge is -2.24. The van der Waals surface area contributed by atoms with Gasteiger partial charge in [-0.15, -0.1) is 0 Å². The van der Waals surface area contributed by atoms with Gasteiger partial charge < -0.3 is 28.8 Å². The molecule has 0 bridgehead atoms. The van der Waals surface area contributed by atoms with E-state index in [-0.39, 0.29) is 11.3 Å². The molecule has 1 atom stereocenters. The van der Waals surface area contributed by atoms with Crippen LogP contribution in [0.15, 0.2) is 60.2 Å². The van der Waals surface area contributed by atoms with Crippen LogP contribution in [0.4, 0.5) is 5.13 Å². The number of benzene rings is 3. The van der Waals surface area contributed by atoms with Gasteiger partial charge in [0, 0.05) is 5.56 Å². The summed E-state index contributed by atoms with van der Waals surface area (Å²) in [5.41, 5.74) is 1.42. The van der Waals surface area contributed by atoms with Gasteiger partial charge in [0.25, 0.3) is 5.78 Å². The van der Waals surface area contributed by atoms with E-state index >= 15 is 0 Å². The molecule has 4 aromatic rings. The zero-order valence-corrected chi connectivity index (χ0v) is 25.4. The first kappa shape index (κ1) is 29.3. The molecule has 1 aromatic heterocycles. The molecule has 228 valence electrons. The van der Waals surface area contributed by atoms with E-state index in [1.807, 2.05) is 25.1 Å². The van der Waals surface area contributed by atoms with Gasteiger partial charge in [-0.25, -0.2) is 4.98 Å². The second kappa shape index (κ2) is 12.5. The van der Waals surface area contributed by atoms with Crippen molar-refractivity contribution in [2.45, 2.75) is 32.7 Å². The number of thiazole rings is 1. The smallest absolute Gasteiger partial charge is 0.301 e. The van der Waals surface area contributed by atoms with Crippen LogP contribution in [0, 0.1) is 0 Å². The molecule has 0 spiro atoms. The van der Waals surface area contributed by atoms with Gasteiger partial charge in [-0.05, 0) is 67.4 Å². The molecule has 2 aliphatic rings. The van der Waals surface area contributed by atoms with Crippen LogP contribution in [-0.4, -0.2) is 55.3 Å². The average Bonchev–Trinajstić information content (AvgIpc) is 3.58. The molecule has 2 aliphatic heterocycles. The van der Waals surface area contributed by atoms with Crippen molar-refractivity contribution in [3.05, 3.63) is 71.3 Å². The van der Waals surface area contributed by atoms with Gasteiger partial charge in [0.1, 0.15) is 24.7 Å². The number of hydrogen-bond donors (Lipinski definition) is 1. The number of nitrogens with zero attached hydrogens (tertiary/aromatic N) is 2. The Morgan fingerprint density at radius 1 is 1.00 bits per heavy atom. The minimum atomic E-state index is -1.01. The van der Waals surface area contributed by atoms with E-state index in [0.717, 1.165) is 17.5 Å². The third-order valence-corrected chi connectivity index (χ3v) is 8.40. The Morgan fingerprint density at radius 2 is 1.82 bits per heavy atom. The van der Waals surface area contributed by atoms with Crippen LogP contribution in [0.2, 0.25) is 0 Å². The zero-order valence-electron chi connectivity index (χ0n) is 24.6. The minimum absolute atomic E-state index is 0.0809. The van der Waals surface area contributed by atoms with E-state index in [4.69, 9.17) is 28.7 Å². The lowest BCUT2D eigenvalue weighted by molar-refractivity contribution is -0.132. The van der Waals surface area contributed by atoms with Crippen molar-refractivity contribution < 1.29 is 38.4 Å². The van der Waals surface area contributed by atoms with Crippen LogP contribution in [0.1, 0.15) is 43.9 Å². The maximum atomic E-state index is 13.8. The fourth-order valence-corrected chi connectivity index (χ4v) is 6.26. The Bertz CT molecular complexity index is 1760. The van der Waals surface area contributed by atoms with Crippen molar-refractivity contribution in [1.82, 2.24) is 4.98 Å². The second-order valence-corrected chi connectivity index (χ2v) is 11.2. The van der Waals surface area contributed by atoms with Gasteiger partial charge >= 0.3 is 5.91 Å². The first-order valence-electron chi connectivity index (χ1n) is 14.5. The number of fused-ring (bicyclic) bond motifs is 2. The van der Waals surface area contributed by atoms with Gasteiger partial charge in [0.2, 0.25) is 0 Å². The number of Topliss-reactive ketones (excluding diaryl/α,β-unsaturated/α-hetero) is 1. The molecule has 11 heteroatoms. The van der Waals surface area contributed by atoms with E-state index in [9.17, 15) is 14.7 Å². The molecule has 1 fully saturated rings. The quantitative estimate of drug-likeness (QED) is 0.0951. The van der Waals surface area contributed by atoms with Crippen LogP contribution in [0.3, 0.4) is 0 Å². The molecule has 0 radical (unpaired) electrons. The Kier molecular flexibility index (Phi) is 8.30. The number of carbonyl (C=O) groups excluding carboxylic acids is 2. The molecule has 3 heterocycles. The molecule has 0 saturated carbocycles. The summed E-state index contributed by atoms with van der Waals surface area (Å²) in [6.45, 7) is 5.77. The summed E-state index contributed by atoms with van der Waals surface area (Å²) < 4.78 is 29.3. The van der Waals surface area contributed by atoms with E-state index in [1.165, 1.54) is 23.3 Å². The van der Waals surface area contributed by atoms with Gasteiger partial charge in [-0.3, -0.25) is 14.5 Å². The van der Waals surface area contributed by atoms with Gasteiger partial charge in [0.05, 0.1) is 42.2 Å². The normalized spacial score (nSPS) is 17.2. The van der Waals surface area contributed by atoms with Gasteiger partial charge in [-0.1, -0.05) is 30.7 Å².